The number of hydrogen-bond donors (Lipinski definition) is 0. The summed E-state index contributed by atoms with van der Waals surface area (Å²) in [6, 6.07) is 16.7. The van der Waals surface area contributed by atoms with Gasteiger partial charge in [-0.2, -0.15) is 4.31 Å². The number of fused-ring (bicyclic) bond motifs is 1. The molecule has 0 aromatic heterocycles. The van der Waals surface area contributed by atoms with Gasteiger partial charge in [0, 0.05) is 31.7 Å². The average Bonchev–Trinajstić information content (AvgIpc) is 2.74. The first-order valence-electron chi connectivity index (χ1n) is 9.99. The van der Waals surface area contributed by atoms with Crippen molar-refractivity contribution < 1.29 is 13.2 Å². The highest BCUT2D eigenvalue weighted by Gasteiger charge is 2.31. The fourth-order valence-corrected chi connectivity index (χ4v) is 5.74. The molecule has 0 spiro atoms. The van der Waals surface area contributed by atoms with E-state index in [0.717, 1.165) is 37.9 Å². The van der Waals surface area contributed by atoms with Crippen LogP contribution in [0.1, 0.15) is 31.2 Å². The first-order valence-corrected chi connectivity index (χ1v) is 11.4. The summed E-state index contributed by atoms with van der Waals surface area (Å²) in [5, 5.41) is 0. The molecule has 4 rings (SSSR count). The van der Waals surface area contributed by atoms with Gasteiger partial charge in [0.2, 0.25) is 15.9 Å². The number of nitrogens with zero attached hydrogens (tertiary/aromatic N) is 2. The molecule has 0 aliphatic carbocycles. The van der Waals surface area contributed by atoms with Gasteiger partial charge in [-0.1, -0.05) is 36.4 Å². The molecule has 2 heterocycles. The Labute approximate surface area is 167 Å². The number of para-hydroxylation sites is 1. The van der Waals surface area contributed by atoms with Crippen LogP contribution in [-0.2, 0) is 21.2 Å². The maximum absolute atomic E-state index is 12.9. The summed E-state index contributed by atoms with van der Waals surface area (Å²) >= 11 is 0. The quantitative estimate of drug-likeness (QED) is 0.793. The average molecular weight is 399 g/mol. The van der Waals surface area contributed by atoms with E-state index in [1.54, 1.807) is 28.6 Å². The number of anilines is 1. The Balaban J connectivity index is 1.37. The molecule has 5 nitrogen and oxygen atoms in total. The molecule has 0 radical (unpaired) electrons. The lowest BCUT2D eigenvalue weighted by atomic mass is 9.93. The van der Waals surface area contributed by atoms with Crippen LogP contribution >= 0.6 is 0 Å². The van der Waals surface area contributed by atoms with Gasteiger partial charge in [0.05, 0.1) is 4.90 Å². The van der Waals surface area contributed by atoms with Crippen LogP contribution in [0.15, 0.2) is 59.5 Å². The number of piperidine rings is 1. The summed E-state index contributed by atoms with van der Waals surface area (Å²) in [5.41, 5.74) is 2.29. The first-order chi connectivity index (χ1) is 13.6. The van der Waals surface area contributed by atoms with Crippen LogP contribution in [0, 0.1) is 5.92 Å². The number of carbonyl (C=O) groups excluding carboxylic acids is 1. The van der Waals surface area contributed by atoms with Crippen molar-refractivity contribution in [1.82, 2.24) is 4.31 Å². The van der Waals surface area contributed by atoms with Crippen molar-refractivity contribution in [3.8, 4) is 0 Å². The molecular formula is C22H26N2O3S. The molecule has 2 aromatic rings. The van der Waals surface area contributed by atoms with Gasteiger partial charge in [-0.25, -0.2) is 8.42 Å². The van der Waals surface area contributed by atoms with E-state index in [9.17, 15) is 13.2 Å². The SMILES string of the molecule is O=C(CC1CCN(S(=O)(=O)c2ccccc2)CC1)N1CCCc2ccccc21. The van der Waals surface area contributed by atoms with Crippen LogP contribution < -0.4 is 4.90 Å². The molecule has 1 amide bonds. The van der Waals surface area contributed by atoms with Crippen LogP contribution in [0.25, 0.3) is 0 Å². The van der Waals surface area contributed by atoms with Gasteiger partial charge < -0.3 is 4.90 Å². The second-order valence-electron chi connectivity index (χ2n) is 7.64. The monoisotopic (exact) mass is 398 g/mol. The Hall–Kier alpha value is -2.18. The van der Waals surface area contributed by atoms with E-state index in [0.29, 0.717) is 24.4 Å². The number of rotatable bonds is 4. The minimum absolute atomic E-state index is 0.163. The molecule has 2 aliphatic rings. The maximum atomic E-state index is 12.9. The summed E-state index contributed by atoms with van der Waals surface area (Å²) < 4.78 is 27.1. The molecule has 2 aliphatic heterocycles. The number of benzene rings is 2. The summed E-state index contributed by atoms with van der Waals surface area (Å²) in [4.78, 5) is 15.2. The van der Waals surface area contributed by atoms with Crippen LogP contribution in [0.4, 0.5) is 5.69 Å². The van der Waals surface area contributed by atoms with Crippen molar-refractivity contribution in [2.24, 2.45) is 5.92 Å². The highest BCUT2D eigenvalue weighted by molar-refractivity contribution is 7.89. The number of sulfonamides is 1. The van der Waals surface area contributed by atoms with Crippen molar-refractivity contribution in [1.29, 1.82) is 0 Å². The summed E-state index contributed by atoms with van der Waals surface area (Å²) in [5.74, 6) is 0.403. The van der Waals surface area contributed by atoms with Crippen molar-refractivity contribution in [3.05, 3.63) is 60.2 Å². The van der Waals surface area contributed by atoms with Gasteiger partial charge in [-0.15, -0.1) is 0 Å². The molecule has 2 aromatic carbocycles. The summed E-state index contributed by atoms with van der Waals surface area (Å²) in [7, 11) is -3.44. The highest BCUT2D eigenvalue weighted by atomic mass is 32.2. The van der Waals surface area contributed by atoms with Crippen LogP contribution in [0.3, 0.4) is 0 Å². The minimum Gasteiger partial charge on any atom is -0.312 e. The lowest BCUT2D eigenvalue weighted by Crippen LogP contribution is -2.41. The predicted molar refractivity (Wildman–Crippen MR) is 110 cm³/mol. The van der Waals surface area contributed by atoms with Crippen molar-refractivity contribution in [3.63, 3.8) is 0 Å². The topological polar surface area (TPSA) is 57.7 Å². The predicted octanol–water partition coefficient (Wildman–Crippen LogP) is 3.46. The van der Waals surface area contributed by atoms with Gasteiger partial charge in [0.1, 0.15) is 0 Å². The van der Waals surface area contributed by atoms with Gasteiger partial charge in [0.25, 0.3) is 0 Å². The number of hydrogen-bond acceptors (Lipinski definition) is 3. The Kier molecular flexibility index (Phi) is 5.51. The molecule has 0 N–H and O–H groups in total. The fraction of sp³-hybridized carbons (Fsp3) is 0.409. The largest absolute Gasteiger partial charge is 0.312 e. The molecule has 6 heteroatoms. The van der Waals surface area contributed by atoms with Gasteiger partial charge in [-0.3, -0.25) is 4.79 Å². The molecule has 0 atom stereocenters. The molecular weight excluding hydrogens is 372 g/mol. The molecule has 1 fully saturated rings. The van der Waals surface area contributed by atoms with Gasteiger partial charge in [-0.05, 0) is 55.4 Å². The molecule has 148 valence electrons. The number of amides is 1. The van der Waals surface area contributed by atoms with E-state index in [1.165, 1.54) is 5.56 Å². The maximum Gasteiger partial charge on any atom is 0.243 e. The van der Waals surface area contributed by atoms with Gasteiger partial charge in [0.15, 0.2) is 0 Å². The Morgan fingerprint density at radius 1 is 0.929 bits per heavy atom. The molecule has 0 saturated carbocycles. The van der Waals surface area contributed by atoms with Crippen molar-refractivity contribution in [2.45, 2.75) is 37.0 Å². The number of carbonyl (C=O) groups is 1. The zero-order chi connectivity index (χ0) is 19.6. The van der Waals surface area contributed by atoms with Crippen LogP contribution in [-0.4, -0.2) is 38.3 Å². The van der Waals surface area contributed by atoms with E-state index in [2.05, 4.69) is 6.07 Å². The lowest BCUT2D eigenvalue weighted by molar-refractivity contribution is -0.119. The van der Waals surface area contributed by atoms with Gasteiger partial charge >= 0.3 is 0 Å². The third-order valence-electron chi connectivity index (χ3n) is 5.83. The van der Waals surface area contributed by atoms with Crippen molar-refractivity contribution >= 4 is 21.6 Å². The molecule has 28 heavy (non-hydrogen) atoms. The lowest BCUT2D eigenvalue weighted by Gasteiger charge is -2.34. The van der Waals surface area contributed by atoms with Crippen molar-refractivity contribution in [2.75, 3.05) is 24.5 Å². The van der Waals surface area contributed by atoms with Crippen LogP contribution in [0.5, 0.6) is 0 Å². The minimum atomic E-state index is -3.44. The summed E-state index contributed by atoms with van der Waals surface area (Å²) in [6.07, 6.45) is 3.97. The normalized spacial score (nSPS) is 18.6. The van der Waals surface area contributed by atoms with E-state index in [1.807, 2.05) is 29.2 Å². The molecule has 1 saturated heterocycles. The van der Waals surface area contributed by atoms with E-state index >= 15 is 0 Å². The van der Waals surface area contributed by atoms with Crippen LogP contribution in [0.2, 0.25) is 0 Å². The first kappa shape index (κ1) is 19.2. The Morgan fingerprint density at radius 2 is 1.61 bits per heavy atom. The second kappa shape index (κ2) is 8.05. The highest BCUT2D eigenvalue weighted by Crippen LogP contribution is 2.30. The fourth-order valence-electron chi connectivity index (χ4n) is 4.25. The Bertz CT molecular complexity index is 935. The standard InChI is InChI=1S/C22H26N2O3S/c25-22(24-14-6-8-19-7-4-5-11-21(19)24)17-18-12-15-23(16-13-18)28(26,27)20-9-2-1-3-10-20/h1-5,7,9-11,18H,6,8,12-17H2. The summed E-state index contributed by atoms with van der Waals surface area (Å²) in [6.45, 7) is 1.73. The zero-order valence-corrected chi connectivity index (χ0v) is 16.8. The third kappa shape index (κ3) is 3.84. The number of aryl methyl sites for hydroxylation is 1. The third-order valence-corrected chi connectivity index (χ3v) is 7.74. The zero-order valence-electron chi connectivity index (χ0n) is 16.0. The van der Waals surface area contributed by atoms with E-state index in [4.69, 9.17) is 0 Å². The van der Waals surface area contributed by atoms with E-state index in [-0.39, 0.29) is 11.8 Å². The Morgan fingerprint density at radius 3 is 2.36 bits per heavy atom. The smallest absolute Gasteiger partial charge is 0.243 e. The molecule has 0 bridgehead atoms. The molecule has 0 unspecified atom stereocenters. The van der Waals surface area contributed by atoms with E-state index < -0.39 is 10.0 Å². The second-order valence-corrected chi connectivity index (χ2v) is 9.58.